The first-order valence-corrected chi connectivity index (χ1v) is 30.6. The van der Waals surface area contributed by atoms with Gasteiger partial charge in [0, 0.05) is 77.8 Å². The molecular formula is C84H54N4O2. The van der Waals surface area contributed by atoms with Gasteiger partial charge in [0.25, 0.3) is 0 Å². The Morgan fingerprint density at radius 1 is 0.211 bits per heavy atom. The van der Waals surface area contributed by atoms with Crippen LogP contribution in [0.1, 0.15) is 0 Å². The van der Waals surface area contributed by atoms with Crippen molar-refractivity contribution in [2.45, 2.75) is 0 Å². The molecule has 0 atom stereocenters. The van der Waals surface area contributed by atoms with Gasteiger partial charge in [-0.25, -0.2) is 0 Å². The smallest absolute Gasteiger partial charge is 0.145 e. The molecule has 4 heterocycles. The van der Waals surface area contributed by atoms with Gasteiger partial charge in [-0.1, -0.05) is 170 Å². The van der Waals surface area contributed by atoms with E-state index in [1.54, 1.807) is 0 Å². The van der Waals surface area contributed by atoms with E-state index in [-0.39, 0.29) is 0 Å². The molecule has 0 saturated carbocycles. The molecule has 0 fully saturated rings. The Morgan fingerprint density at radius 3 is 1.09 bits per heavy atom. The van der Waals surface area contributed by atoms with E-state index >= 15 is 0 Å². The van der Waals surface area contributed by atoms with E-state index in [0.717, 1.165) is 144 Å². The second-order valence-electron chi connectivity index (χ2n) is 23.2. The molecule has 0 aliphatic carbocycles. The summed E-state index contributed by atoms with van der Waals surface area (Å²) in [6.07, 6.45) is 0. The molecule has 4 aromatic heterocycles. The van der Waals surface area contributed by atoms with Crippen molar-refractivity contribution in [3.63, 3.8) is 0 Å². The molecule has 0 saturated heterocycles. The minimum absolute atomic E-state index is 0.858. The number of anilines is 6. The number of rotatable bonds is 11. The van der Waals surface area contributed by atoms with Gasteiger partial charge in [-0.2, -0.15) is 0 Å². The van der Waals surface area contributed by atoms with Gasteiger partial charge in [0.05, 0.1) is 32.8 Å². The summed E-state index contributed by atoms with van der Waals surface area (Å²) in [6, 6.07) is 118. The van der Waals surface area contributed by atoms with Crippen molar-refractivity contribution in [1.82, 2.24) is 9.13 Å². The average Bonchev–Trinajstić information content (AvgIpc) is 1.55. The first kappa shape index (κ1) is 51.1. The molecule has 0 unspecified atom stereocenters. The first-order valence-electron chi connectivity index (χ1n) is 30.6. The van der Waals surface area contributed by atoms with Crippen LogP contribution in [0, 0.1) is 0 Å². The Labute approximate surface area is 518 Å². The molecule has 0 aliphatic heterocycles. The van der Waals surface area contributed by atoms with Crippen molar-refractivity contribution >= 4 is 122 Å². The summed E-state index contributed by atoms with van der Waals surface area (Å²) in [4.78, 5) is 4.65. The molecule has 18 rings (SSSR count). The zero-order chi connectivity index (χ0) is 59.2. The van der Waals surface area contributed by atoms with Gasteiger partial charge >= 0.3 is 0 Å². The molecule has 0 N–H and O–H groups in total. The summed E-state index contributed by atoms with van der Waals surface area (Å²) in [6.45, 7) is 0. The highest BCUT2D eigenvalue weighted by Crippen LogP contribution is 2.47. The highest BCUT2D eigenvalue weighted by atomic mass is 16.3. The first-order chi connectivity index (χ1) is 44.6. The molecule has 6 nitrogen and oxygen atoms in total. The van der Waals surface area contributed by atoms with Crippen molar-refractivity contribution in [2.24, 2.45) is 0 Å². The summed E-state index contributed by atoms with van der Waals surface area (Å²) >= 11 is 0. The van der Waals surface area contributed by atoms with Crippen molar-refractivity contribution in [3.05, 3.63) is 328 Å². The van der Waals surface area contributed by atoms with Crippen LogP contribution in [0.3, 0.4) is 0 Å². The zero-order valence-corrected chi connectivity index (χ0v) is 48.8. The summed E-state index contributed by atoms with van der Waals surface area (Å²) < 4.78 is 18.7. The van der Waals surface area contributed by atoms with E-state index in [4.69, 9.17) is 8.83 Å². The molecule has 0 aliphatic rings. The van der Waals surface area contributed by atoms with Gasteiger partial charge < -0.3 is 27.8 Å². The number of hydrogen-bond donors (Lipinski definition) is 0. The van der Waals surface area contributed by atoms with Crippen LogP contribution in [-0.2, 0) is 0 Å². The molecule has 14 aromatic carbocycles. The molecule has 0 radical (unpaired) electrons. The fraction of sp³-hybridized carbons (Fsp3) is 0. The van der Waals surface area contributed by atoms with Crippen LogP contribution in [0.25, 0.3) is 132 Å². The third-order valence-corrected chi connectivity index (χ3v) is 18.1. The molecule has 18 aromatic rings. The molecule has 90 heavy (non-hydrogen) atoms. The standard InChI is InChI=1S/C84H54N4O2/c1-5-17-55(18-6-1)57-29-35-63(36-30-57)85(61-21-9-3-10-22-61)65-39-43-67(44-40-65)87-75-27-15-13-26-72(75)81-77(87)50-47-70-71-48-51-78-82(84(71)90-83(70)81)74-54-59(60-34-52-80-73(53-60)69-25-14-16-28-79(69)89-80)33-49-76(74)88(78)68-45-41-66(42-46-68)86(62-23-11-4-12-24-62)64-37-31-58(32-38-64)56-19-7-2-8-20-56/h1-54H. The average molecular weight is 1150 g/mol. The van der Waals surface area contributed by atoms with E-state index in [1.165, 1.54) is 22.3 Å². The van der Waals surface area contributed by atoms with Crippen LogP contribution >= 0.6 is 0 Å². The van der Waals surface area contributed by atoms with E-state index in [1.807, 2.05) is 12.1 Å². The Morgan fingerprint density at radius 2 is 0.567 bits per heavy atom. The summed E-state index contributed by atoms with van der Waals surface area (Å²) in [7, 11) is 0. The normalized spacial score (nSPS) is 11.8. The Balaban J connectivity index is 0.790. The summed E-state index contributed by atoms with van der Waals surface area (Å²) in [5.41, 5.74) is 23.3. The predicted molar refractivity (Wildman–Crippen MR) is 375 cm³/mol. The minimum atomic E-state index is 0.858. The van der Waals surface area contributed by atoms with Crippen molar-refractivity contribution in [1.29, 1.82) is 0 Å². The number of benzene rings is 14. The minimum Gasteiger partial charge on any atom is -0.456 e. The van der Waals surface area contributed by atoms with Crippen LogP contribution in [-0.4, -0.2) is 9.13 Å². The van der Waals surface area contributed by atoms with Crippen LogP contribution in [0.15, 0.2) is 336 Å². The third kappa shape index (κ3) is 8.34. The number of hydrogen-bond acceptors (Lipinski definition) is 4. The van der Waals surface area contributed by atoms with Gasteiger partial charge in [-0.05, 0) is 191 Å². The maximum Gasteiger partial charge on any atom is 0.145 e. The Bertz CT molecular complexity index is 5730. The van der Waals surface area contributed by atoms with E-state index in [9.17, 15) is 0 Å². The lowest BCUT2D eigenvalue weighted by Crippen LogP contribution is -2.10. The van der Waals surface area contributed by atoms with E-state index in [2.05, 4.69) is 334 Å². The van der Waals surface area contributed by atoms with Crippen molar-refractivity contribution in [3.8, 4) is 44.8 Å². The number of aromatic nitrogens is 2. The molecule has 422 valence electrons. The topological polar surface area (TPSA) is 42.6 Å². The second-order valence-corrected chi connectivity index (χ2v) is 23.2. The molecule has 0 bridgehead atoms. The van der Waals surface area contributed by atoms with Crippen LogP contribution in [0.4, 0.5) is 34.1 Å². The van der Waals surface area contributed by atoms with Gasteiger partial charge in [-0.15, -0.1) is 0 Å². The SMILES string of the molecule is c1ccc(-c2ccc(N(c3ccccc3)c3ccc(-n4c5ccccc5c5c6oc7c(ccc8c7c7cc(-c9ccc%10oc%11ccccc%11c%10c9)ccc7n8-c7ccc(N(c8ccccc8)c8ccc(-c9ccccc9)cc8)cc7)c6ccc54)cc3)cc2)cc1. The highest BCUT2D eigenvalue weighted by Gasteiger charge is 2.25. The number of para-hydroxylation sites is 4. The van der Waals surface area contributed by atoms with Crippen LogP contribution in [0.2, 0.25) is 0 Å². The lowest BCUT2D eigenvalue weighted by atomic mass is 10.00. The number of nitrogens with zero attached hydrogens (tertiary/aromatic N) is 4. The molecule has 6 heteroatoms. The second kappa shape index (κ2) is 20.8. The quantitative estimate of drug-likeness (QED) is 0.129. The van der Waals surface area contributed by atoms with E-state index < -0.39 is 0 Å². The zero-order valence-electron chi connectivity index (χ0n) is 48.8. The highest BCUT2D eigenvalue weighted by molar-refractivity contribution is 6.29. The van der Waals surface area contributed by atoms with Gasteiger partial charge in [0.1, 0.15) is 22.3 Å². The lowest BCUT2D eigenvalue weighted by Gasteiger charge is -2.26. The summed E-state index contributed by atoms with van der Waals surface area (Å²) in [5, 5.41) is 8.73. The summed E-state index contributed by atoms with van der Waals surface area (Å²) in [5.74, 6) is 0. The number of fused-ring (bicyclic) bond motifs is 14. The fourth-order valence-electron chi connectivity index (χ4n) is 13.9. The van der Waals surface area contributed by atoms with E-state index in [0.29, 0.717) is 0 Å². The van der Waals surface area contributed by atoms with Crippen molar-refractivity contribution < 1.29 is 8.83 Å². The lowest BCUT2D eigenvalue weighted by molar-refractivity contribution is 0.669. The Hall–Kier alpha value is -12.1. The van der Waals surface area contributed by atoms with Gasteiger partial charge in [0.15, 0.2) is 0 Å². The van der Waals surface area contributed by atoms with Gasteiger partial charge in [0.2, 0.25) is 0 Å². The van der Waals surface area contributed by atoms with Crippen LogP contribution in [0.5, 0.6) is 0 Å². The fourth-order valence-corrected chi connectivity index (χ4v) is 13.9. The Kier molecular flexibility index (Phi) is 11.8. The largest absolute Gasteiger partial charge is 0.456 e. The monoisotopic (exact) mass is 1150 g/mol. The molecular weight excluding hydrogens is 1100 g/mol. The molecule has 0 spiro atoms. The third-order valence-electron chi connectivity index (χ3n) is 18.1. The van der Waals surface area contributed by atoms with Gasteiger partial charge in [-0.3, -0.25) is 0 Å². The van der Waals surface area contributed by atoms with Crippen LogP contribution < -0.4 is 9.80 Å². The maximum atomic E-state index is 7.55. The number of furan rings is 2. The molecule has 0 amide bonds. The van der Waals surface area contributed by atoms with Crippen molar-refractivity contribution in [2.75, 3.05) is 9.80 Å². The maximum absolute atomic E-state index is 7.55. The predicted octanol–water partition coefficient (Wildman–Crippen LogP) is 23.6.